The van der Waals surface area contributed by atoms with Gasteiger partial charge in [0, 0.05) is 21.7 Å². The summed E-state index contributed by atoms with van der Waals surface area (Å²) in [5, 5.41) is 4.82. The zero-order valence-corrected chi connectivity index (χ0v) is 13.3. The number of benzene rings is 1. The highest BCUT2D eigenvalue weighted by Gasteiger charge is 2.21. The van der Waals surface area contributed by atoms with Gasteiger partial charge in [0.15, 0.2) is 4.34 Å². The quantitative estimate of drug-likeness (QED) is 0.909. The van der Waals surface area contributed by atoms with Crippen LogP contribution in [0.1, 0.15) is 19.5 Å². The third-order valence-corrected chi connectivity index (χ3v) is 4.56. The van der Waals surface area contributed by atoms with Crippen molar-refractivity contribution in [3.05, 3.63) is 35.3 Å². The van der Waals surface area contributed by atoms with E-state index in [1.54, 1.807) is 36.9 Å². The van der Waals surface area contributed by atoms with Gasteiger partial charge in [-0.15, -0.1) is 11.3 Å². The molecule has 20 heavy (non-hydrogen) atoms. The van der Waals surface area contributed by atoms with Crippen molar-refractivity contribution in [3.63, 3.8) is 0 Å². The van der Waals surface area contributed by atoms with Gasteiger partial charge in [-0.25, -0.2) is 4.98 Å². The van der Waals surface area contributed by atoms with Gasteiger partial charge in [0.2, 0.25) is 5.91 Å². The van der Waals surface area contributed by atoms with Crippen molar-refractivity contribution in [2.75, 3.05) is 5.32 Å². The molecule has 106 valence electrons. The third-order valence-electron chi connectivity index (χ3n) is 2.50. The maximum absolute atomic E-state index is 11.8. The number of anilines is 1. The van der Waals surface area contributed by atoms with Crippen LogP contribution in [-0.2, 0) is 4.79 Å². The van der Waals surface area contributed by atoms with Gasteiger partial charge in [-0.2, -0.15) is 0 Å². The lowest BCUT2D eigenvalue weighted by Gasteiger charge is -2.17. The van der Waals surface area contributed by atoms with Crippen molar-refractivity contribution in [1.82, 2.24) is 4.98 Å². The maximum Gasteiger partial charge on any atom is 0.243 e. The van der Waals surface area contributed by atoms with E-state index in [2.05, 4.69) is 10.3 Å². The van der Waals surface area contributed by atoms with Crippen molar-refractivity contribution in [2.45, 2.75) is 35.5 Å². The van der Waals surface area contributed by atoms with E-state index in [0.717, 1.165) is 20.6 Å². The zero-order chi connectivity index (χ0) is 14.8. The molecule has 1 amide bonds. The maximum atomic E-state index is 11.8. The number of nitrogens with one attached hydrogen (secondary N) is 1. The van der Waals surface area contributed by atoms with Gasteiger partial charge in [0.05, 0.1) is 5.54 Å². The van der Waals surface area contributed by atoms with Gasteiger partial charge in [-0.3, -0.25) is 4.79 Å². The van der Waals surface area contributed by atoms with Gasteiger partial charge in [0.25, 0.3) is 0 Å². The van der Waals surface area contributed by atoms with Crippen LogP contribution in [0.3, 0.4) is 0 Å². The van der Waals surface area contributed by atoms with Gasteiger partial charge in [-0.1, -0.05) is 11.8 Å². The van der Waals surface area contributed by atoms with Gasteiger partial charge in [-0.05, 0) is 45.0 Å². The molecule has 0 unspecified atom stereocenters. The minimum atomic E-state index is -0.883. The Morgan fingerprint density at radius 1 is 1.35 bits per heavy atom. The highest BCUT2D eigenvalue weighted by atomic mass is 32.2. The summed E-state index contributed by atoms with van der Waals surface area (Å²) in [7, 11) is 0. The molecule has 0 saturated carbocycles. The van der Waals surface area contributed by atoms with Gasteiger partial charge >= 0.3 is 0 Å². The lowest BCUT2D eigenvalue weighted by molar-refractivity contribution is -0.120. The molecule has 0 bridgehead atoms. The Labute approximate surface area is 126 Å². The Morgan fingerprint density at radius 3 is 2.50 bits per heavy atom. The molecule has 0 aliphatic rings. The van der Waals surface area contributed by atoms with Crippen LogP contribution in [0.25, 0.3) is 0 Å². The van der Waals surface area contributed by atoms with E-state index in [1.165, 1.54) is 0 Å². The number of nitrogens with zero attached hydrogens (tertiary/aromatic N) is 1. The predicted octanol–water partition coefficient (Wildman–Crippen LogP) is 3.28. The number of carbonyl (C=O) groups excluding carboxylic acids is 1. The molecule has 0 spiro atoms. The number of nitrogens with two attached hydrogens (primary N) is 1. The monoisotopic (exact) mass is 307 g/mol. The normalized spacial score (nSPS) is 11.4. The van der Waals surface area contributed by atoms with E-state index in [0.29, 0.717) is 0 Å². The lowest BCUT2D eigenvalue weighted by atomic mass is 10.1. The fourth-order valence-corrected chi connectivity index (χ4v) is 3.19. The smallest absolute Gasteiger partial charge is 0.243 e. The second-order valence-corrected chi connectivity index (χ2v) is 7.24. The second kappa shape index (κ2) is 5.95. The minimum absolute atomic E-state index is 0.201. The first-order valence-electron chi connectivity index (χ1n) is 6.15. The van der Waals surface area contributed by atoms with E-state index in [-0.39, 0.29) is 5.91 Å². The SMILES string of the molecule is Cc1csc(Sc2ccc(NC(=O)C(C)(C)N)cc2)n1. The average molecular weight is 307 g/mol. The molecule has 1 aromatic heterocycles. The summed E-state index contributed by atoms with van der Waals surface area (Å²) >= 11 is 3.24. The molecule has 0 aliphatic carbocycles. The molecule has 0 radical (unpaired) electrons. The third kappa shape index (κ3) is 4.06. The molecule has 0 atom stereocenters. The van der Waals surface area contributed by atoms with Crippen LogP contribution in [-0.4, -0.2) is 16.4 Å². The van der Waals surface area contributed by atoms with Crippen LogP contribution in [0, 0.1) is 6.92 Å². The summed E-state index contributed by atoms with van der Waals surface area (Å²) in [6, 6.07) is 7.65. The Kier molecular flexibility index (Phi) is 4.47. The van der Waals surface area contributed by atoms with Crippen molar-refractivity contribution >= 4 is 34.7 Å². The highest BCUT2D eigenvalue weighted by molar-refractivity contribution is 8.01. The number of rotatable bonds is 4. The Bertz CT molecular complexity index is 600. The van der Waals surface area contributed by atoms with Crippen LogP contribution in [0.2, 0.25) is 0 Å². The summed E-state index contributed by atoms with van der Waals surface area (Å²) in [6.45, 7) is 5.34. The molecule has 0 saturated heterocycles. The first kappa shape index (κ1) is 15.0. The van der Waals surface area contributed by atoms with Crippen molar-refractivity contribution in [3.8, 4) is 0 Å². The molecule has 6 heteroatoms. The Morgan fingerprint density at radius 2 is 2.00 bits per heavy atom. The zero-order valence-electron chi connectivity index (χ0n) is 11.6. The van der Waals surface area contributed by atoms with Gasteiger partial charge in [0.1, 0.15) is 0 Å². The van der Waals surface area contributed by atoms with E-state index in [1.807, 2.05) is 36.6 Å². The number of hydrogen-bond acceptors (Lipinski definition) is 5. The predicted molar refractivity (Wildman–Crippen MR) is 84.3 cm³/mol. The van der Waals surface area contributed by atoms with Crippen molar-refractivity contribution in [1.29, 1.82) is 0 Å². The summed E-state index contributed by atoms with van der Waals surface area (Å²) < 4.78 is 1.02. The Hall–Kier alpha value is -1.37. The minimum Gasteiger partial charge on any atom is -0.325 e. The topological polar surface area (TPSA) is 68.0 Å². The summed E-state index contributed by atoms with van der Waals surface area (Å²) in [4.78, 5) is 17.3. The number of amides is 1. The van der Waals surface area contributed by atoms with E-state index >= 15 is 0 Å². The molecular weight excluding hydrogens is 290 g/mol. The number of thiazole rings is 1. The van der Waals surface area contributed by atoms with E-state index in [4.69, 9.17) is 5.73 Å². The van der Waals surface area contributed by atoms with Gasteiger partial charge < -0.3 is 11.1 Å². The molecule has 0 aliphatic heterocycles. The van der Waals surface area contributed by atoms with Crippen LogP contribution in [0.15, 0.2) is 38.9 Å². The first-order valence-corrected chi connectivity index (χ1v) is 7.84. The number of aromatic nitrogens is 1. The lowest BCUT2D eigenvalue weighted by Crippen LogP contribution is -2.45. The van der Waals surface area contributed by atoms with E-state index in [9.17, 15) is 4.79 Å². The molecule has 4 nitrogen and oxygen atoms in total. The fourth-order valence-electron chi connectivity index (χ4n) is 1.38. The fraction of sp³-hybridized carbons (Fsp3) is 0.286. The number of aryl methyl sites for hydroxylation is 1. The largest absolute Gasteiger partial charge is 0.325 e. The number of carbonyl (C=O) groups is 1. The van der Waals surface area contributed by atoms with Crippen LogP contribution >= 0.6 is 23.1 Å². The van der Waals surface area contributed by atoms with Crippen LogP contribution < -0.4 is 11.1 Å². The first-order chi connectivity index (χ1) is 9.34. The molecule has 1 heterocycles. The Balaban J connectivity index is 2.01. The van der Waals surface area contributed by atoms with E-state index < -0.39 is 5.54 Å². The van der Waals surface area contributed by atoms with Crippen LogP contribution in [0.5, 0.6) is 0 Å². The molecular formula is C14H17N3OS2. The highest BCUT2D eigenvalue weighted by Crippen LogP contribution is 2.30. The second-order valence-electron chi connectivity index (χ2n) is 5.06. The molecule has 2 rings (SSSR count). The van der Waals surface area contributed by atoms with Crippen LogP contribution in [0.4, 0.5) is 5.69 Å². The molecule has 3 N–H and O–H groups in total. The summed E-state index contributed by atoms with van der Waals surface area (Å²) in [6.07, 6.45) is 0. The molecule has 2 aromatic rings. The molecule has 1 aromatic carbocycles. The summed E-state index contributed by atoms with van der Waals surface area (Å²) in [5.41, 5.74) is 6.63. The van der Waals surface area contributed by atoms with Crippen molar-refractivity contribution < 1.29 is 4.79 Å². The average Bonchev–Trinajstić information content (AvgIpc) is 2.76. The summed E-state index contributed by atoms with van der Waals surface area (Å²) in [5.74, 6) is -0.201. The standard InChI is InChI=1S/C14H17N3OS2/c1-9-8-19-13(16-9)20-11-6-4-10(5-7-11)17-12(18)14(2,3)15/h4-8H,15H2,1-3H3,(H,17,18). The molecule has 0 fully saturated rings. The number of hydrogen-bond donors (Lipinski definition) is 2. The van der Waals surface area contributed by atoms with Crippen molar-refractivity contribution in [2.24, 2.45) is 5.73 Å².